The second-order valence-electron chi connectivity index (χ2n) is 7.02. The highest BCUT2D eigenvalue weighted by molar-refractivity contribution is 5.74. The van der Waals surface area contributed by atoms with Crippen molar-refractivity contribution in [2.75, 3.05) is 13.1 Å². The van der Waals surface area contributed by atoms with Gasteiger partial charge in [-0.1, -0.05) is 26.2 Å². The quantitative estimate of drug-likeness (QED) is 0.676. The lowest BCUT2D eigenvalue weighted by molar-refractivity contribution is -0.140. The van der Waals surface area contributed by atoms with Gasteiger partial charge in [0, 0.05) is 13.1 Å². The molecular weight excluding hydrogens is 268 g/mol. The summed E-state index contributed by atoms with van der Waals surface area (Å²) >= 11 is 0. The SMILES string of the molecule is CCC1(CNC(=O)NCC2(CC(=O)O)CCCCC2)CC1. The molecule has 0 saturated heterocycles. The highest BCUT2D eigenvalue weighted by Crippen LogP contribution is 2.47. The molecule has 0 bridgehead atoms. The van der Waals surface area contributed by atoms with Gasteiger partial charge in [-0.15, -0.1) is 0 Å². The minimum atomic E-state index is -0.762. The number of carbonyl (C=O) groups excluding carboxylic acids is 1. The molecular formula is C16H28N2O3. The Labute approximate surface area is 126 Å². The van der Waals surface area contributed by atoms with Crippen LogP contribution in [0.2, 0.25) is 0 Å². The van der Waals surface area contributed by atoms with Crippen molar-refractivity contribution in [1.29, 1.82) is 0 Å². The van der Waals surface area contributed by atoms with Gasteiger partial charge in [0.05, 0.1) is 6.42 Å². The van der Waals surface area contributed by atoms with Crippen LogP contribution >= 0.6 is 0 Å². The zero-order valence-electron chi connectivity index (χ0n) is 13.0. The minimum absolute atomic E-state index is 0.148. The molecule has 0 aromatic carbocycles. The van der Waals surface area contributed by atoms with E-state index in [4.69, 9.17) is 5.11 Å². The van der Waals surface area contributed by atoms with E-state index < -0.39 is 5.97 Å². The summed E-state index contributed by atoms with van der Waals surface area (Å²) in [7, 11) is 0. The van der Waals surface area contributed by atoms with Crippen LogP contribution in [0, 0.1) is 10.8 Å². The minimum Gasteiger partial charge on any atom is -0.481 e. The van der Waals surface area contributed by atoms with E-state index in [1.807, 2.05) is 0 Å². The fourth-order valence-electron chi connectivity index (χ4n) is 3.47. The van der Waals surface area contributed by atoms with Crippen molar-refractivity contribution in [2.24, 2.45) is 10.8 Å². The smallest absolute Gasteiger partial charge is 0.314 e. The van der Waals surface area contributed by atoms with Crippen LogP contribution in [-0.2, 0) is 4.79 Å². The predicted octanol–water partition coefficient (Wildman–Crippen LogP) is 2.90. The van der Waals surface area contributed by atoms with Crippen LogP contribution in [0.25, 0.3) is 0 Å². The van der Waals surface area contributed by atoms with Gasteiger partial charge in [-0.3, -0.25) is 4.79 Å². The first kappa shape index (κ1) is 16.1. The number of amides is 2. The maximum Gasteiger partial charge on any atom is 0.314 e. The Bertz CT molecular complexity index is 385. The van der Waals surface area contributed by atoms with Crippen LogP contribution in [-0.4, -0.2) is 30.2 Å². The fourth-order valence-corrected chi connectivity index (χ4v) is 3.47. The normalized spacial score (nSPS) is 22.3. The summed E-state index contributed by atoms with van der Waals surface area (Å²) in [5.74, 6) is -0.762. The van der Waals surface area contributed by atoms with Crippen LogP contribution in [0.5, 0.6) is 0 Å². The first-order chi connectivity index (χ1) is 9.99. The molecule has 120 valence electrons. The molecule has 2 saturated carbocycles. The van der Waals surface area contributed by atoms with E-state index in [-0.39, 0.29) is 17.9 Å². The highest BCUT2D eigenvalue weighted by atomic mass is 16.4. The van der Waals surface area contributed by atoms with Gasteiger partial charge < -0.3 is 15.7 Å². The van der Waals surface area contributed by atoms with Crippen LogP contribution in [0.3, 0.4) is 0 Å². The van der Waals surface area contributed by atoms with Crippen molar-refractivity contribution >= 4 is 12.0 Å². The summed E-state index contributed by atoms with van der Waals surface area (Å²) < 4.78 is 0. The standard InChI is InChI=1S/C16H28N2O3/c1-2-15(8-9-15)11-17-14(21)18-12-16(10-13(19)20)6-4-3-5-7-16/h2-12H2,1H3,(H,19,20)(H2,17,18,21). The number of carboxylic acids is 1. The Morgan fingerprint density at radius 2 is 1.52 bits per heavy atom. The van der Waals surface area contributed by atoms with Crippen molar-refractivity contribution in [3.05, 3.63) is 0 Å². The molecule has 2 rings (SSSR count). The lowest BCUT2D eigenvalue weighted by Gasteiger charge is -2.36. The van der Waals surface area contributed by atoms with Crippen LogP contribution < -0.4 is 10.6 Å². The lowest BCUT2D eigenvalue weighted by Crippen LogP contribution is -2.45. The summed E-state index contributed by atoms with van der Waals surface area (Å²) in [6.07, 6.45) is 8.77. The van der Waals surface area contributed by atoms with E-state index >= 15 is 0 Å². The summed E-state index contributed by atoms with van der Waals surface area (Å²) in [6.45, 7) is 3.38. The van der Waals surface area contributed by atoms with Gasteiger partial charge in [0.2, 0.25) is 0 Å². The summed E-state index contributed by atoms with van der Waals surface area (Å²) in [5.41, 5.74) is 0.0877. The molecule has 3 N–H and O–H groups in total. The monoisotopic (exact) mass is 296 g/mol. The Morgan fingerprint density at radius 3 is 2.00 bits per heavy atom. The third kappa shape index (κ3) is 4.61. The Kier molecular flexibility index (Phi) is 5.12. The molecule has 0 spiro atoms. The van der Waals surface area contributed by atoms with E-state index in [9.17, 15) is 9.59 Å². The zero-order valence-corrected chi connectivity index (χ0v) is 13.0. The Morgan fingerprint density at radius 1 is 0.952 bits per heavy atom. The zero-order chi connectivity index (χ0) is 15.3. The second kappa shape index (κ2) is 6.67. The van der Waals surface area contributed by atoms with Crippen molar-refractivity contribution in [1.82, 2.24) is 10.6 Å². The van der Waals surface area contributed by atoms with E-state index in [2.05, 4.69) is 17.6 Å². The number of carbonyl (C=O) groups is 2. The molecule has 5 nitrogen and oxygen atoms in total. The number of urea groups is 1. The maximum absolute atomic E-state index is 11.9. The van der Waals surface area contributed by atoms with E-state index in [1.165, 1.54) is 19.3 Å². The van der Waals surface area contributed by atoms with Crippen LogP contribution in [0.4, 0.5) is 4.79 Å². The average molecular weight is 296 g/mol. The number of carboxylic acid groups (broad SMARTS) is 1. The van der Waals surface area contributed by atoms with Gasteiger partial charge in [0.15, 0.2) is 0 Å². The molecule has 2 aliphatic rings. The molecule has 21 heavy (non-hydrogen) atoms. The Balaban J connectivity index is 1.77. The molecule has 5 heteroatoms. The molecule has 0 atom stereocenters. The van der Waals surface area contributed by atoms with Crippen molar-refractivity contribution in [3.8, 4) is 0 Å². The van der Waals surface area contributed by atoms with E-state index in [0.717, 1.165) is 38.6 Å². The molecule has 0 heterocycles. The number of rotatable bonds is 7. The fraction of sp³-hybridized carbons (Fsp3) is 0.875. The molecule has 0 radical (unpaired) electrons. The molecule has 0 aromatic rings. The molecule has 0 unspecified atom stereocenters. The molecule has 0 aromatic heterocycles. The maximum atomic E-state index is 11.9. The average Bonchev–Trinajstić information content (AvgIpc) is 3.24. The number of aliphatic carboxylic acids is 1. The van der Waals surface area contributed by atoms with Crippen molar-refractivity contribution < 1.29 is 14.7 Å². The van der Waals surface area contributed by atoms with Gasteiger partial charge in [0.25, 0.3) is 0 Å². The number of hydrogen-bond acceptors (Lipinski definition) is 2. The third-order valence-corrected chi connectivity index (χ3v) is 5.40. The predicted molar refractivity (Wildman–Crippen MR) is 81.1 cm³/mol. The van der Waals surface area contributed by atoms with Gasteiger partial charge in [-0.2, -0.15) is 0 Å². The number of hydrogen-bond donors (Lipinski definition) is 3. The van der Waals surface area contributed by atoms with Crippen molar-refractivity contribution in [2.45, 2.75) is 64.7 Å². The summed E-state index contributed by atoms with van der Waals surface area (Å²) in [5, 5.41) is 15.0. The molecule has 2 aliphatic carbocycles. The largest absolute Gasteiger partial charge is 0.481 e. The summed E-state index contributed by atoms with van der Waals surface area (Å²) in [6, 6.07) is -0.148. The van der Waals surface area contributed by atoms with Gasteiger partial charge >= 0.3 is 12.0 Å². The summed E-state index contributed by atoms with van der Waals surface area (Å²) in [4.78, 5) is 23.0. The van der Waals surface area contributed by atoms with Crippen LogP contribution in [0.15, 0.2) is 0 Å². The number of nitrogens with one attached hydrogen (secondary N) is 2. The Hall–Kier alpha value is -1.26. The lowest BCUT2D eigenvalue weighted by atomic mass is 9.72. The van der Waals surface area contributed by atoms with Gasteiger partial charge in [-0.25, -0.2) is 4.79 Å². The van der Waals surface area contributed by atoms with Crippen LogP contribution in [0.1, 0.15) is 64.7 Å². The molecule has 2 amide bonds. The van der Waals surface area contributed by atoms with Gasteiger partial charge in [0.1, 0.15) is 0 Å². The molecule has 0 aliphatic heterocycles. The first-order valence-corrected chi connectivity index (χ1v) is 8.23. The first-order valence-electron chi connectivity index (χ1n) is 8.23. The third-order valence-electron chi connectivity index (χ3n) is 5.40. The van der Waals surface area contributed by atoms with Crippen molar-refractivity contribution in [3.63, 3.8) is 0 Å². The van der Waals surface area contributed by atoms with E-state index in [0.29, 0.717) is 12.0 Å². The topological polar surface area (TPSA) is 78.4 Å². The highest BCUT2D eigenvalue weighted by Gasteiger charge is 2.41. The second-order valence-corrected chi connectivity index (χ2v) is 7.02. The van der Waals surface area contributed by atoms with Gasteiger partial charge in [-0.05, 0) is 42.9 Å². The molecule has 2 fully saturated rings. The van der Waals surface area contributed by atoms with E-state index in [1.54, 1.807) is 0 Å².